The number of urea groups is 1. The molecule has 6 nitrogen and oxygen atoms in total. The first kappa shape index (κ1) is 19.0. The molecule has 0 radical (unpaired) electrons. The number of nitrogens with one attached hydrogen (secondary N) is 2. The molecule has 0 bridgehead atoms. The molecule has 0 aliphatic heterocycles. The monoisotopic (exact) mass is 382 g/mol. The lowest BCUT2D eigenvalue weighted by molar-refractivity contribution is 0.251. The predicted molar refractivity (Wildman–Crippen MR) is 103 cm³/mol. The van der Waals surface area contributed by atoms with E-state index in [-0.39, 0.29) is 23.7 Å². The van der Waals surface area contributed by atoms with Crippen molar-refractivity contribution in [3.05, 3.63) is 78.1 Å². The summed E-state index contributed by atoms with van der Waals surface area (Å²) in [5.41, 5.74) is 0.587. The van der Waals surface area contributed by atoms with Crippen LogP contribution in [0.1, 0.15) is 5.56 Å². The number of halogens is 1. The van der Waals surface area contributed by atoms with Gasteiger partial charge < -0.3 is 25.2 Å². The van der Waals surface area contributed by atoms with E-state index in [1.165, 1.54) is 25.3 Å². The summed E-state index contributed by atoms with van der Waals surface area (Å²) in [7, 11) is 1.45. The SMILES string of the molecule is COc1ccc(CNC(=O)Nc2c(F)cccc2Oc2ccccc2)cc1O. The smallest absolute Gasteiger partial charge is 0.319 e. The summed E-state index contributed by atoms with van der Waals surface area (Å²) in [6.45, 7) is 0.132. The summed E-state index contributed by atoms with van der Waals surface area (Å²) in [4.78, 5) is 12.2. The Kier molecular flexibility index (Phi) is 5.96. The predicted octanol–water partition coefficient (Wildman–Crippen LogP) is 4.65. The maximum atomic E-state index is 14.2. The molecule has 144 valence electrons. The molecule has 2 amide bonds. The molecule has 0 spiro atoms. The van der Waals surface area contributed by atoms with E-state index < -0.39 is 11.8 Å². The number of carbonyl (C=O) groups excluding carboxylic acids is 1. The Balaban J connectivity index is 1.67. The highest BCUT2D eigenvalue weighted by Gasteiger charge is 2.14. The summed E-state index contributed by atoms with van der Waals surface area (Å²) < 4.78 is 24.9. The van der Waals surface area contributed by atoms with E-state index >= 15 is 0 Å². The van der Waals surface area contributed by atoms with Crippen LogP contribution in [0.3, 0.4) is 0 Å². The molecule has 3 aromatic rings. The van der Waals surface area contributed by atoms with Gasteiger partial charge >= 0.3 is 6.03 Å². The van der Waals surface area contributed by atoms with Crippen LogP contribution in [0.2, 0.25) is 0 Å². The first-order chi connectivity index (χ1) is 13.6. The van der Waals surface area contributed by atoms with Gasteiger partial charge in [-0.15, -0.1) is 0 Å². The minimum atomic E-state index is -0.620. The van der Waals surface area contributed by atoms with Crippen LogP contribution >= 0.6 is 0 Å². The van der Waals surface area contributed by atoms with Gasteiger partial charge in [0.05, 0.1) is 7.11 Å². The van der Waals surface area contributed by atoms with Gasteiger partial charge in [-0.2, -0.15) is 0 Å². The summed E-state index contributed by atoms with van der Waals surface area (Å²) in [6.07, 6.45) is 0. The Labute approximate surface area is 161 Å². The molecule has 7 heteroatoms. The molecule has 3 rings (SSSR count). The highest BCUT2D eigenvalue weighted by molar-refractivity contribution is 5.91. The Morgan fingerprint density at radius 1 is 1.04 bits per heavy atom. The number of hydrogen-bond acceptors (Lipinski definition) is 4. The third kappa shape index (κ3) is 4.70. The number of ether oxygens (including phenoxy) is 2. The van der Waals surface area contributed by atoms with E-state index in [0.717, 1.165) is 0 Å². The number of aromatic hydroxyl groups is 1. The average Bonchev–Trinajstić information content (AvgIpc) is 2.70. The fourth-order valence-corrected chi connectivity index (χ4v) is 2.51. The van der Waals surface area contributed by atoms with Crippen LogP contribution in [-0.4, -0.2) is 18.2 Å². The molecule has 3 N–H and O–H groups in total. The third-order valence-corrected chi connectivity index (χ3v) is 3.88. The number of hydrogen-bond donors (Lipinski definition) is 3. The van der Waals surface area contributed by atoms with Crippen LogP contribution in [0.25, 0.3) is 0 Å². The molecule has 0 aliphatic carbocycles. The maximum absolute atomic E-state index is 14.2. The Morgan fingerprint density at radius 2 is 1.82 bits per heavy atom. The largest absolute Gasteiger partial charge is 0.504 e. The zero-order chi connectivity index (χ0) is 19.9. The number of para-hydroxylation sites is 2. The van der Waals surface area contributed by atoms with E-state index in [2.05, 4.69) is 10.6 Å². The van der Waals surface area contributed by atoms with Crippen molar-refractivity contribution in [2.24, 2.45) is 0 Å². The van der Waals surface area contributed by atoms with Gasteiger partial charge in [0.2, 0.25) is 0 Å². The van der Waals surface area contributed by atoms with Crippen LogP contribution in [0.4, 0.5) is 14.9 Å². The number of phenols is 1. The Bertz CT molecular complexity index is 964. The van der Waals surface area contributed by atoms with Crippen molar-refractivity contribution in [3.63, 3.8) is 0 Å². The quantitative estimate of drug-likeness (QED) is 0.580. The number of benzene rings is 3. The maximum Gasteiger partial charge on any atom is 0.319 e. The molecule has 0 fully saturated rings. The highest BCUT2D eigenvalue weighted by atomic mass is 19.1. The number of phenolic OH excluding ortho intramolecular Hbond substituents is 1. The summed E-state index contributed by atoms with van der Waals surface area (Å²) in [5.74, 6) is 0.386. The number of amides is 2. The van der Waals surface area contributed by atoms with Crippen molar-refractivity contribution in [3.8, 4) is 23.0 Å². The van der Waals surface area contributed by atoms with Crippen molar-refractivity contribution < 1.29 is 23.8 Å². The molecule has 0 heterocycles. The second kappa shape index (κ2) is 8.77. The van der Waals surface area contributed by atoms with Gasteiger partial charge in [0.25, 0.3) is 0 Å². The normalized spacial score (nSPS) is 10.2. The summed E-state index contributed by atoms with van der Waals surface area (Å²) in [6, 6.07) is 17.3. The fraction of sp³-hybridized carbons (Fsp3) is 0.0952. The molecule has 0 saturated heterocycles. The first-order valence-electron chi connectivity index (χ1n) is 8.49. The lowest BCUT2D eigenvalue weighted by Crippen LogP contribution is -2.28. The number of carbonyl (C=O) groups is 1. The molecule has 0 aromatic heterocycles. The van der Waals surface area contributed by atoms with Gasteiger partial charge in [0.1, 0.15) is 11.4 Å². The van der Waals surface area contributed by atoms with E-state index in [9.17, 15) is 14.3 Å². The van der Waals surface area contributed by atoms with E-state index in [1.807, 2.05) is 6.07 Å². The second-order valence-electron chi connectivity index (χ2n) is 5.84. The lowest BCUT2D eigenvalue weighted by Gasteiger charge is -2.14. The number of anilines is 1. The topological polar surface area (TPSA) is 79.8 Å². The van der Waals surface area contributed by atoms with Gasteiger partial charge in [-0.1, -0.05) is 30.3 Å². The zero-order valence-electron chi connectivity index (χ0n) is 15.1. The van der Waals surface area contributed by atoms with E-state index in [4.69, 9.17) is 9.47 Å². The molecule has 0 saturated carbocycles. The van der Waals surface area contributed by atoms with Crippen LogP contribution in [-0.2, 0) is 6.54 Å². The van der Waals surface area contributed by atoms with Crippen molar-refractivity contribution in [1.29, 1.82) is 0 Å². The molecule has 0 aliphatic rings. The zero-order valence-corrected chi connectivity index (χ0v) is 15.1. The number of rotatable bonds is 6. The first-order valence-corrected chi connectivity index (χ1v) is 8.49. The van der Waals surface area contributed by atoms with Crippen molar-refractivity contribution >= 4 is 11.7 Å². The average molecular weight is 382 g/mol. The lowest BCUT2D eigenvalue weighted by atomic mass is 10.2. The van der Waals surface area contributed by atoms with Crippen LogP contribution in [0.5, 0.6) is 23.0 Å². The Morgan fingerprint density at radius 3 is 2.54 bits per heavy atom. The van der Waals surface area contributed by atoms with Crippen LogP contribution in [0.15, 0.2) is 66.7 Å². The standard InChI is InChI=1S/C21H19FN2O4/c1-27-18-11-10-14(12-17(18)25)13-23-21(26)24-20-16(22)8-5-9-19(20)28-15-6-3-2-4-7-15/h2-12,25H,13H2,1H3,(H2,23,24,26). The third-order valence-electron chi connectivity index (χ3n) is 3.88. The Hall–Kier alpha value is -3.74. The summed E-state index contributed by atoms with van der Waals surface area (Å²) in [5, 5.41) is 14.9. The molecular formula is C21H19FN2O4. The fourth-order valence-electron chi connectivity index (χ4n) is 2.51. The van der Waals surface area contributed by atoms with Crippen LogP contribution in [0, 0.1) is 5.82 Å². The van der Waals surface area contributed by atoms with Crippen molar-refractivity contribution in [2.45, 2.75) is 6.54 Å². The van der Waals surface area contributed by atoms with Gasteiger partial charge in [-0.3, -0.25) is 0 Å². The molecule has 28 heavy (non-hydrogen) atoms. The summed E-state index contributed by atoms with van der Waals surface area (Å²) >= 11 is 0. The molecule has 0 atom stereocenters. The second-order valence-corrected chi connectivity index (χ2v) is 5.84. The number of methoxy groups -OCH3 is 1. The molecular weight excluding hydrogens is 363 g/mol. The van der Waals surface area contributed by atoms with E-state index in [1.54, 1.807) is 42.5 Å². The van der Waals surface area contributed by atoms with Gasteiger partial charge in [0.15, 0.2) is 23.1 Å². The van der Waals surface area contributed by atoms with Crippen LogP contribution < -0.4 is 20.1 Å². The van der Waals surface area contributed by atoms with Crippen molar-refractivity contribution in [2.75, 3.05) is 12.4 Å². The molecule has 0 unspecified atom stereocenters. The minimum Gasteiger partial charge on any atom is -0.504 e. The molecule has 3 aromatic carbocycles. The van der Waals surface area contributed by atoms with Gasteiger partial charge in [-0.25, -0.2) is 9.18 Å². The van der Waals surface area contributed by atoms with Gasteiger partial charge in [0, 0.05) is 6.54 Å². The van der Waals surface area contributed by atoms with E-state index in [0.29, 0.717) is 17.1 Å². The minimum absolute atomic E-state index is 0.0325. The highest BCUT2D eigenvalue weighted by Crippen LogP contribution is 2.31. The van der Waals surface area contributed by atoms with Crippen molar-refractivity contribution in [1.82, 2.24) is 5.32 Å². The van der Waals surface area contributed by atoms with Gasteiger partial charge in [-0.05, 0) is 42.0 Å².